The van der Waals surface area contributed by atoms with Crippen molar-refractivity contribution in [3.05, 3.63) is 93.9 Å². The fourth-order valence-corrected chi connectivity index (χ4v) is 6.16. The maximum Gasteiger partial charge on any atom is 0.134 e. The monoisotopic (exact) mass is 478 g/mol. The maximum absolute atomic E-state index is 9.90. The van der Waals surface area contributed by atoms with Gasteiger partial charge in [-0.15, -0.1) is 11.3 Å². The third-order valence-corrected chi connectivity index (χ3v) is 8.25. The number of thiophene rings is 1. The van der Waals surface area contributed by atoms with E-state index in [0.29, 0.717) is 12.5 Å². The number of rotatable bonds is 5. The van der Waals surface area contributed by atoms with Gasteiger partial charge in [-0.25, -0.2) is 4.99 Å². The zero-order valence-electron chi connectivity index (χ0n) is 20.5. The zero-order chi connectivity index (χ0) is 24.4. The Bertz CT molecular complexity index is 1430. The summed E-state index contributed by atoms with van der Waals surface area (Å²) in [5, 5.41) is 13.1. The number of aliphatic imine (C=N–C) groups is 1. The largest absolute Gasteiger partial charge is 0.488 e. The molecule has 3 nitrogen and oxygen atoms in total. The molecule has 0 unspecified atom stereocenters. The highest BCUT2D eigenvalue weighted by Crippen LogP contribution is 2.45. The van der Waals surface area contributed by atoms with E-state index >= 15 is 0 Å². The Morgan fingerprint density at radius 1 is 1.06 bits per heavy atom. The Kier molecular flexibility index (Phi) is 6.45. The summed E-state index contributed by atoms with van der Waals surface area (Å²) in [4.78, 5) is 6.13. The first kappa shape index (κ1) is 23.3. The SMILES string of the molecule is CC(C)(C)[C@H]1CCc2c(sc(N=Cc3ccccc3OCc3cccc4ccccc34)c2C#N)C1. The molecule has 0 bridgehead atoms. The molecular weight excluding hydrogens is 448 g/mol. The highest BCUT2D eigenvalue weighted by molar-refractivity contribution is 7.16. The van der Waals surface area contributed by atoms with Gasteiger partial charge in [-0.1, -0.05) is 75.4 Å². The van der Waals surface area contributed by atoms with Gasteiger partial charge in [0.15, 0.2) is 0 Å². The molecule has 176 valence electrons. The van der Waals surface area contributed by atoms with E-state index in [1.165, 1.54) is 21.2 Å². The molecular formula is C31H30N2OS. The number of ether oxygens (including phenoxy) is 1. The van der Waals surface area contributed by atoms with Crippen LogP contribution < -0.4 is 4.74 Å². The van der Waals surface area contributed by atoms with E-state index in [-0.39, 0.29) is 5.41 Å². The number of benzene rings is 3. The lowest BCUT2D eigenvalue weighted by molar-refractivity contribution is 0.218. The quantitative estimate of drug-likeness (QED) is 0.271. The van der Waals surface area contributed by atoms with Gasteiger partial charge in [0.2, 0.25) is 0 Å². The van der Waals surface area contributed by atoms with Crippen LogP contribution in [0.1, 0.15) is 54.3 Å². The summed E-state index contributed by atoms with van der Waals surface area (Å²) < 4.78 is 6.26. The highest BCUT2D eigenvalue weighted by atomic mass is 32.1. The molecule has 0 saturated heterocycles. The van der Waals surface area contributed by atoms with Crippen molar-refractivity contribution in [2.24, 2.45) is 16.3 Å². The Hall–Kier alpha value is -3.42. The molecule has 0 radical (unpaired) electrons. The second-order valence-electron chi connectivity index (χ2n) is 10.3. The predicted molar refractivity (Wildman–Crippen MR) is 146 cm³/mol. The van der Waals surface area contributed by atoms with Gasteiger partial charge < -0.3 is 4.74 Å². The molecule has 1 aliphatic rings. The number of hydrogen-bond donors (Lipinski definition) is 0. The summed E-state index contributed by atoms with van der Waals surface area (Å²) in [6.07, 6.45) is 4.99. The maximum atomic E-state index is 9.90. The number of fused-ring (bicyclic) bond motifs is 2. The predicted octanol–water partition coefficient (Wildman–Crippen LogP) is 8.25. The summed E-state index contributed by atoms with van der Waals surface area (Å²) in [5.74, 6) is 1.43. The second kappa shape index (κ2) is 9.68. The molecule has 1 atom stereocenters. The van der Waals surface area contributed by atoms with Crippen LogP contribution in [0.15, 0.2) is 71.7 Å². The molecule has 3 aromatic carbocycles. The van der Waals surface area contributed by atoms with Crippen molar-refractivity contribution in [1.82, 2.24) is 0 Å². The standard InChI is InChI=1S/C31H30N2OS/c1-31(2,3)24-15-16-26-27(18-32)30(35-29(26)17-24)33-19-22-10-5-7-14-28(22)34-20-23-12-8-11-21-9-4-6-13-25(21)23/h4-14,19,24H,15-17,20H2,1-3H3/t24-/m0/s1. The highest BCUT2D eigenvalue weighted by Gasteiger charge is 2.32. The van der Waals surface area contributed by atoms with E-state index in [9.17, 15) is 5.26 Å². The van der Waals surface area contributed by atoms with Crippen LogP contribution in [-0.2, 0) is 19.4 Å². The van der Waals surface area contributed by atoms with E-state index in [4.69, 9.17) is 9.73 Å². The van der Waals surface area contributed by atoms with Gasteiger partial charge in [0.25, 0.3) is 0 Å². The number of para-hydroxylation sites is 1. The van der Waals surface area contributed by atoms with Crippen LogP contribution in [-0.4, -0.2) is 6.21 Å². The summed E-state index contributed by atoms with van der Waals surface area (Å²) in [6, 6.07) is 25.1. The van der Waals surface area contributed by atoms with E-state index in [0.717, 1.165) is 46.7 Å². The van der Waals surface area contributed by atoms with Gasteiger partial charge >= 0.3 is 0 Å². The summed E-state index contributed by atoms with van der Waals surface area (Å²) in [7, 11) is 0. The molecule has 1 aromatic heterocycles. The van der Waals surface area contributed by atoms with Crippen LogP contribution in [0.2, 0.25) is 0 Å². The fourth-order valence-electron chi connectivity index (χ4n) is 4.94. The van der Waals surface area contributed by atoms with Crippen molar-refractivity contribution in [1.29, 1.82) is 5.26 Å². The van der Waals surface area contributed by atoms with Crippen LogP contribution in [0.4, 0.5) is 5.00 Å². The lowest BCUT2D eigenvalue weighted by Crippen LogP contribution is -2.26. The third kappa shape index (κ3) is 4.88. The van der Waals surface area contributed by atoms with Crippen LogP contribution in [0, 0.1) is 22.7 Å². The summed E-state index contributed by atoms with van der Waals surface area (Å²) >= 11 is 1.68. The smallest absolute Gasteiger partial charge is 0.134 e. The molecule has 0 spiro atoms. The molecule has 0 aliphatic heterocycles. The zero-order valence-corrected chi connectivity index (χ0v) is 21.4. The minimum atomic E-state index is 0.276. The molecule has 1 aliphatic carbocycles. The van der Waals surface area contributed by atoms with Gasteiger partial charge in [-0.3, -0.25) is 0 Å². The molecule has 4 aromatic rings. The Morgan fingerprint density at radius 3 is 2.66 bits per heavy atom. The lowest BCUT2D eigenvalue weighted by Gasteiger charge is -2.33. The van der Waals surface area contributed by atoms with Crippen LogP contribution in [0.5, 0.6) is 5.75 Å². The first-order chi connectivity index (χ1) is 16.9. The molecule has 4 heteroatoms. The molecule has 5 rings (SSSR count). The molecule has 35 heavy (non-hydrogen) atoms. The molecule has 0 saturated carbocycles. The normalized spacial score (nSPS) is 15.8. The second-order valence-corrected chi connectivity index (χ2v) is 11.4. The number of hydrogen-bond acceptors (Lipinski definition) is 4. The minimum Gasteiger partial charge on any atom is -0.488 e. The Balaban J connectivity index is 1.38. The van der Waals surface area contributed by atoms with Crippen molar-refractivity contribution in [2.45, 2.75) is 46.6 Å². The molecule has 0 N–H and O–H groups in total. The molecule has 0 amide bonds. The Labute approximate surface area is 211 Å². The third-order valence-electron chi connectivity index (χ3n) is 7.09. The van der Waals surface area contributed by atoms with Gasteiger partial charge in [-0.05, 0) is 64.6 Å². The number of nitriles is 1. The van der Waals surface area contributed by atoms with Gasteiger partial charge in [0.05, 0.1) is 5.56 Å². The van der Waals surface area contributed by atoms with E-state index < -0.39 is 0 Å². The first-order valence-corrected chi connectivity index (χ1v) is 13.0. The van der Waals surface area contributed by atoms with Crippen molar-refractivity contribution < 1.29 is 4.74 Å². The summed E-state index contributed by atoms with van der Waals surface area (Å²) in [5.41, 5.74) is 4.31. The van der Waals surface area contributed by atoms with Crippen molar-refractivity contribution in [3.63, 3.8) is 0 Å². The average molecular weight is 479 g/mol. The Morgan fingerprint density at radius 2 is 1.83 bits per heavy atom. The van der Waals surface area contributed by atoms with E-state index in [2.05, 4.69) is 69.3 Å². The minimum absolute atomic E-state index is 0.276. The van der Waals surface area contributed by atoms with Crippen LogP contribution in [0.25, 0.3) is 10.8 Å². The topological polar surface area (TPSA) is 45.4 Å². The van der Waals surface area contributed by atoms with Crippen molar-refractivity contribution in [3.8, 4) is 11.8 Å². The summed E-state index contributed by atoms with van der Waals surface area (Å²) in [6.45, 7) is 7.43. The van der Waals surface area contributed by atoms with Crippen LogP contribution >= 0.6 is 11.3 Å². The van der Waals surface area contributed by atoms with E-state index in [1.54, 1.807) is 11.3 Å². The van der Waals surface area contributed by atoms with Crippen molar-refractivity contribution in [2.75, 3.05) is 0 Å². The van der Waals surface area contributed by atoms with Crippen molar-refractivity contribution >= 4 is 33.3 Å². The molecule has 1 heterocycles. The average Bonchev–Trinajstić information content (AvgIpc) is 3.23. The van der Waals surface area contributed by atoms with Crippen LogP contribution in [0.3, 0.4) is 0 Å². The first-order valence-electron chi connectivity index (χ1n) is 12.2. The van der Waals surface area contributed by atoms with Gasteiger partial charge in [-0.2, -0.15) is 5.26 Å². The molecule has 0 fully saturated rings. The lowest BCUT2D eigenvalue weighted by atomic mass is 9.72. The fraction of sp³-hybridized carbons (Fsp3) is 0.290. The van der Waals surface area contributed by atoms with Gasteiger partial charge in [0, 0.05) is 16.7 Å². The van der Waals surface area contributed by atoms with E-state index in [1.807, 2.05) is 30.5 Å². The number of nitrogens with zero attached hydrogens (tertiary/aromatic N) is 2. The van der Waals surface area contributed by atoms with Gasteiger partial charge in [0.1, 0.15) is 23.4 Å².